The lowest BCUT2D eigenvalue weighted by Gasteiger charge is -2.18. The largest absolute Gasteiger partial charge is 0.462 e. The molecule has 0 fully saturated rings. The van der Waals surface area contributed by atoms with Crippen LogP contribution in [0.4, 0.5) is 0 Å². The van der Waals surface area contributed by atoms with Crippen LogP contribution in [0.3, 0.4) is 0 Å². The number of esters is 3. The third kappa shape index (κ3) is 64.7. The molecular weight excluding hydrogens is 961 g/mol. The van der Waals surface area contributed by atoms with Gasteiger partial charge < -0.3 is 14.2 Å². The van der Waals surface area contributed by atoms with E-state index in [1.54, 1.807) is 0 Å². The Morgan fingerprint density at radius 1 is 0.256 bits per heavy atom. The van der Waals surface area contributed by atoms with Gasteiger partial charge in [-0.25, -0.2) is 0 Å². The van der Waals surface area contributed by atoms with E-state index in [9.17, 15) is 14.4 Å². The van der Waals surface area contributed by atoms with Crippen LogP contribution in [0, 0.1) is 0 Å². The molecule has 0 aromatic carbocycles. The topological polar surface area (TPSA) is 78.9 Å². The number of carbonyl (C=O) groups is 3. The predicted molar refractivity (Wildman–Crippen MR) is 340 cm³/mol. The van der Waals surface area contributed by atoms with Gasteiger partial charge in [0.05, 0.1) is 0 Å². The molecule has 0 amide bonds. The van der Waals surface area contributed by atoms with Crippen LogP contribution < -0.4 is 0 Å². The summed E-state index contributed by atoms with van der Waals surface area (Å²) >= 11 is 0. The Kier molecular flexibility index (Phi) is 65.6. The number of allylic oxidation sites excluding steroid dienone is 4. The second-order valence-corrected chi connectivity index (χ2v) is 24.2. The summed E-state index contributed by atoms with van der Waals surface area (Å²) in [7, 11) is 0. The summed E-state index contributed by atoms with van der Waals surface area (Å²) < 4.78 is 17.0. The van der Waals surface area contributed by atoms with Crippen molar-refractivity contribution in [2.24, 2.45) is 0 Å². The van der Waals surface area contributed by atoms with Gasteiger partial charge in [0.2, 0.25) is 0 Å². The van der Waals surface area contributed by atoms with Crippen molar-refractivity contribution in [3.8, 4) is 0 Å². The zero-order valence-electron chi connectivity index (χ0n) is 53.0. The van der Waals surface area contributed by atoms with Crippen LogP contribution in [0.5, 0.6) is 0 Å². The van der Waals surface area contributed by atoms with E-state index < -0.39 is 6.10 Å². The van der Waals surface area contributed by atoms with Crippen LogP contribution in [0.25, 0.3) is 0 Å². The Labute approximate surface area is 487 Å². The molecule has 0 spiro atoms. The molecule has 1 atom stereocenters. The second kappa shape index (κ2) is 67.4. The van der Waals surface area contributed by atoms with Gasteiger partial charge >= 0.3 is 17.9 Å². The van der Waals surface area contributed by atoms with E-state index in [1.165, 1.54) is 289 Å². The van der Waals surface area contributed by atoms with E-state index >= 15 is 0 Å². The summed E-state index contributed by atoms with van der Waals surface area (Å²) in [5, 5.41) is 0. The number of unbranched alkanes of at least 4 members (excludes halogenated alkanes) is 51. The molecule has 78 heavy (non-hydrogen) atoms. The average Bonchev–Trinajstić information content (AvgIpc) is 3.44. The molecule has 0 aliphatic rings. The third-order valence-electron chi connectivity index (χ3n) is 16.2. The van der Waals surface area contributed by atoms with Crippen LogP contribution in [0.15, 0.2) is 24.3 Å². The molecule has 0 radical (unpaired) electrons. The predicted octanol–water partition coefficient (Wildman–Crippen LogP) is 24.2. The van der Waals surface area contributed by atoms with Gasteiger partial charge in [0.15, 0.2) is 6.10 Å². The number of hydrogen-bond acceptors (Lipinski definition) is 6. The molecule has 0 saturated heterocycles. The highest BCUT2D eigenvalue weighted by Gasteiger charge is 2.19. The molecule has 6 nitrogen and oxygen atoms in total. The van der Waals surface area contributed by atoms with Gasteiger partial charge in [-0.2, -0.15) is 0 Å². The summed E-state index contributed by atoms with van der Waals surface area (Å²) in [5.74, 6) is -0.843. The average molecular weight is 1100 g/mol. The molecule has 0 rings (SSSR count). The Bertz CT molecular complexity index is 1260. The van der Waals surface area contributed by atoms with Crippen molar-refractivity contribution in [1.29, 1.82) is 0 Å². The zero-order chi connectivity index (χ0) is 56.4. The molecule has 0 aliphatic heterocycles. The van der Waals surface area contributed by atoms with Crippen molar-refractivity contribution in [3.05, 3.63) is 24.3 Å². The highest BCUT2D eigenvalue weighted by atomic mass is 16.6. The highest BCUT2D eigenvalue weighted by Crippen LogP contribution is 2.19. The van der Waals surface area contributed by atoms with Crippen molar-refractivity contribution in [3.63, 3.8) is 0 Å². The first kappa shape index (κ1) is 75.9. The molecule has 0 aromatic heterocycles. The molecule has 0 aliphatic carbocycles. The number of ether oxygens (including phenoxy) is 3. The molecule has 6 heteroatoms. The van der Waals surface area contributed by atoms with Gasteiger partial charge in [-0.15, -0.1) is 0 Å². The smallest absolute Gasteiger partial charge is 0.306 e. The lowest BCUT2D eigenvalue weighted by Crippen LogP contribution is -2.30. The van der Waals surface area contributed by atoms with Crippen LogP contribution in [-0.4, -0.2) is 37.2 Å². The molecule has 1 unspecified atom stereocenters. The highest BCUT2D eigenvalue weighted by molar-refractivity contribution is 5.71. The van der Waals surface area contributed by atoms with Crippen molar-refractivity contribution >= 4 is 17.9 Å². The van der Waals surface area contributed by atoms with Gasteiger partial charge in [-0.1, -0.05) is 353 Å². The molecule has 0 saturated carbocycles. The first-order valence-electron chi connectivity index (χ1n) is 35.3. The maximum absolute atomic E-state index is 12.9. The first-order chi connectivity index (χ1) is 38.5. The fourth-order valence-electron chi connectivity index (χ4n) is 10.9. The SMILES string of the molecule is CCCCCC/C=C\C/C=C\CCCCCCCCCC(=O)OC(COC(=O)CCCCCCCCCCCCCCCCCC)COC(=O)CCCCCCCCCCCCCCCCCCCCCCCCCCCC. The van der Waals surface area contributed by atoms with Gasteiger partial charge in [-0.05, 0) is 51.4 Å². The van der Waals surface area contributed by atoms with E-state index in [0.717, 1.165) is 70.6 Å². The van der Waals surface area contributed by atoms with Crippen molar-refractivity contribution in [2.75, 3.05) is 13.2 Å². The Balaban J connectivity index is 4.24. The van der Waals surface area contributed by atoms with Crippen molar-refractivity contribution in [1.82, 2.24) is 0 Å². The van der Waals surface area contributed by atoms with Crippen LogP contribution in [0.2, 0.25) is 0 Å². The summed E-state index contributed by atoms with van der Waals surface area (Å²) in [6.07, 6.45) is 82.0. The van der Waals surface area contributed by atoms with Crippen molar-refractivity contribution < 1.29 is 28.6 Å². The Morgan fingerprint density at radius 2 is 0.462 bits per heavy atom. The van der Waals surface area contributed by atoms with Crippen LogP contribution in [-0.2, 0) is 28.6 Å². The van der Waals surface area contributed by atoms with Crippen molar-refractivity contribution in [2.45, 2.75) is 406 Å². The van der Waals surface area contributed by atoms with E-state index in [4.69, 9.17) is 14.2 Å². The standard InChI is InChI=1S/C72H136O6/c1-4-7-10-13-16-19-22-25-28-31-33-34-35-36-37-38-39-40-42-44-47-50-53-56-59-62-65-71(74)77-68-69(67-76-70(73)64-61-58-55-52-49-46-43-30-27-24-21-18-15-12-9-6-3)78-72(75)66-63-60-57-54-51-48-45-41-32-29-26-23-20-17-14-11-8-5-2/h20,23,29,32,69H,4-19,21-22,24-28,30-31,33-68H2,1-3H3/b23-20-,32-29-. The zero-order valence-corrected chi connectivity index (χ0v) is 53.0. The fraction of sp³-hybridized carbons (Fsp3) is 0.903. The minimum atomic E-state index is -0.772. The maximum Gasteiger partial charge on any atom is 0.306 e. The lowest BCUT2D eigenvalue weighted by molar-refractivity contribution is -0.167. The van der Waals surface area contributed by atoms with Crippen LogP contribution in [0.1, 0.15) is 400 Å². The molecule has 0 heterocycles. The van der Waals surface area contributed by atoms with E-state index in [2.05, 4.69) is 45.1 Å². The second-order valence-electron chi connectivity index (χ2n) is 24.2. The summed E-state index contributed by atoms with van der Waals surface area (Å²) in [6, 6.07) is 0. The number of carbonyl (C=O) groups excluding carboxylic acids is 3. The van der Waals surface area contributed by atoms with Gasteiger partial charge in [0, 0.05) is 19.3 Å². The minimum absolute atomic E-state index is 0.0681. The summed E-state index contributed by atoms with van der Waals surface area (Å²) in [5.41, 5.74) is 0. The first-order valence-corrected chi connectivity index (χ1v) is 35.3. The van der Waals surface area contributed by atoms with Gasteiger partial charge in [0.1, 0.15) is 13.2 Å². The minimum Gasteiger partial charge on any atom is -0.462 e. The summed E-state index contributed by atoms with van der Waals surface area (Å²) in [6.45, 7) is 6.70. The normalized spacial score (nSPS) is 12.1. The molecule has 0 aromatic rings. The quantitative estimate of drug-likeness (QED) is 0.0261. The maximum atomic E-state index is 12.9. The Morgan fingerprint density at radius 3 is 0.718 bits per heavy atom. The van der Waals surface area contributed by atoms with E-state index in [-0.39, 0.29) is 31.1 Å². The van der Waals surface area contributed by atoms with Gasteiger partial charge in [-0.3, -0.25) is 14.4 Å². The molecule has 0 bridgehead atoms. The molecule has 460 valence electrons. The third-order valence-corrected chi connectivity index (χ3v) is 16.2. The van der Waals surface area contributed by atoms with Crippen LogP contribution >= 0.6 is 0 Å². The summed E-state index contributed by atoms with van der Waals surface area (Å²) in [4.78, 5) is 38.4. The monoisotopic (exact) mass is 1100 g/mol. The van der Waals surface area contributed by atoms with E-state index in [0.29, 0.717) is 19.3 Å². The molecular formula is C72H136O6. The van der Waals surface area contributed by atoms with Gasteiger partial charge in [0.25, 0.3) is 0 Å². The number of rotatable bonds is 66. The molecule has 0 N–H and O–H groups in total. The number of hydrogen-bond donors (Lipinski definition) is 0. The van der Waals surface area contributed by atoms with E-state index in [1.807, 2.05) is 0 Å². The lowest BCUT2D eigenvalue weighted by atomic mass is 10.0. The Hall–Kier alpha value is -2.11. The fourth-order valence-corrected chi connectivity index (χ4v) is 10.9.